The van der Waals surface area contributed by atoms with Gasteiger partial charge in [-0.05, 0) is 75.7 Å². The summed E-state index contributed by atoms with van der Waals surface area (Å²) in [7, 11) is 4.97. The Bertz CT molecular complexity index is 2090. The summed E-state index contributed by atoms with van der Waals surface area (Å²) < 4.78 is 36.1. The van der Waals surface area contributed by atoms with Crippen LogP contribution in [0.2, 0.25) is 0 Å². The summed E-state index contributed by atoms with van der Waals surface area (Å²) in [6.45, 7) is 9.54. The fraction of sp³-hybridized carbons (Fsp3) is 0.256. The van der Waals surface area contributed by atoms with Crippen molar-refractivity contribution in [3.8, 4) is 39.9 Å². The van der Waals surface area contributed by atoms with Crippen LogP contribution in [-0.4, -0.2) is 46.3 Å². The van der Waals surface area contributed by atoms with Gasteiger partial charge in [-0.3, -0.25) is 0 Å². The summed E-state index contributed by atoms with van der Waals surface area (Å²) >= 11 is 0. The molecule has 1 aliphatic heterocycles. The molecule has 1 atom stereocenters. The number of fused-ring (bicyclic) bond motifs is 8. The highest BCUT2D eigenvalue weighted by Gasteiger charge is 2.44. The molecule has 0 radical (unpaired) electrons. The minimum atomic E-state index is -0.987. The number of aliphatic hydroxyl groups is 1. The first-order valence-electron chi connectivity index (χ1n) is 16.7. The highest BCUT2D eigenvalue weighted by Crippen LogP contribution is 2.59. The van der Waals surface area contributed by atoms with E-state index in [2.05, 4.69) is 62.9 Å². The maximum absolute atomic E-state index is 10.1. The Kier molecular flexibility index (Phi) is 8.80. The van der Waals surface area contributed by atoms with Crippen LogP contribution in [0, 0.1) is 0 Å². The third-order valence-electron chi connectivity index (χ3n) is 9.92. The first kappa shape index (κ1) is 33.3. The van der Waals surface area contributed by atoms with Gasteiger partial charge in [0, 0.05) is 27.5 Å². The number of aliphatic hydroxyl groups excluding tert-OH is 1. The topological polar surface area (TPSA) is 75.6 Å². The zero-order valence-electron chi connectivity index (χ0n) is 29.2. The van der Waals surface area contributed by atoms with E-state index in [0.717, 1.165) is 67.0 Å². The van der Waals surface area contributed by atoms with Crippen molar-refractivity contribution in [2.45, 2.75) is 31.5 Å². The average molecular weight is 671 g/mol. The lowest BCUT2D eigenvalue weighted by atomic mass is 9.76. The van der Waals surface area contributed by atoms with Crippen molar-refractivity contribution in [2.24, 2.45) is 0 Å². The van der Waals surface area contributed by atoms with Crippen LogP contribution in [0.3, 0.4) is 0 Å². The number of rotatable bonds is 12. The van der Waals surface area contributed by atoms with Gasteiger partial charge in [-0.1, -0.05) is 68.5 Å². The van der Waals surface area contributed by atoms with E-state index in [4.69, 9.17) is 28.4 Å². The third-order valence-corrected chi connectivity index (χ3v) is 9.92. The standard InChI is InChI=1S/C43H42O7/c1-7-20-48-21-22-49-31-15-11-29(12-16-31)43(28-9-13-30(45-4)14-10-28)19-18-33-40-39(32-17-8-27(26-44)23-36(32)42(40,2)3)34-24-37(46-5)38(47-6)25-35(34)41(33)50-43/h7-19,23-25,44H,1,20-22,26H2,2-6H3. The molecule has 5 aromatic rings. The zero-order chi connectivity index (χ0) is 35.0. The van der Waals surface area contributed by atoms with Crippen LogP contribution in [0.25, 0.3) is 28.0 Å². The first-order chi connectivity index (χ1) is 24.3. The predicted molar refractivity (Wildman–Crippen MR) is 197 cm³/mol. The summed E-state index contributed by atoms with van der Waals surface area (Å²) in [5, 5.41) is 12.0. The van der Waals surface area contributed by atoms with Crippen LogP contribution in [0.5, 0.6) is 28.7 Å². The molecule has 2 aliphatic rings. The van der Waals surface area contributed by atoms with Crippen LogP contribution < -0.4 is 23.7 Å². The smallest absolute Gasteiger partial charge is 0.178 e. The normalized spacial score (nSPS) is 16.6. The van der Waals surface area contributed by atoms with E-state index >= 15 is 0 Å². The quantitative estimate of drug-likeness (QED) is 0.105. The molecule has 50 heavy (non-hydrogen) atoms. The number of benzene rings is 5. The van der Waals surface area contributed by atoms with Crippen molar-refractivity contribution in [3.63, 3.8) is 0 Å². The molecule has 1 heterocycles. The molecule has 0 amide bonds. The molecule has 0 spiro atoms. The molecule has 0 aromatic heterocycles. The number of hydrogen-bond acceptors (Lipinski definition) is 7. The molecule has 1 aliphatic carbocycles. The Morgan fingerprint density at radius 1 is 0.780 bits per heavy atom. The lowest BCUT2D eigenvalue weighted by molar-refractivity contribution is 0.121. The Labute approximate surface area is 293 Å². The summed E-state index contributed by atoms with van der Waals surface area (Å²) in [4.78, 5) is 0. The van der Waals surface area contributed by atoms with Gasteiger partial charge in [0.05, 0.1) is 41.2 Å². The fourth-order valence-corrected chi connectivity index (χ4v) is 7.45. The van der Waals surface area contributed by atoms with E-state index in [9.17, 15) is 5.11 Å². The van der Waals surface area contributed by atoms with Gasteiger partial charge in [-0.25, -0.2) is 0 Å². The second kappa shape index (κ2) is 13.2. The monoisotopic (exact) mass is 670 g/mol. The Morgan fingerprint density at radius 2 is 1.44 bits per heavy atom. The molecule has 256 valence electrons. The third kappa shape index (κ3) is 5.38. The van der Waals surface area contributed by atoms with Crippen LogP contribution in [0.15, 0.2) is 97.6 Å². The maximum atomic E-state index is 10.1. The average Bonchev–Trinajstić information content (AvgIpc) is 3.40. The number of ether oxygens (including phenoxy) is 6. The lowest BCUT2D eigenvalue weighted by Crippen LogP contribution is -2.35. The van der Waals surface area contributed by atoms with E-state index in [1.165, 1.54) is 5.56 Å². The highest BCUT2D eigenvalue weighted by atomic mass is 16.5. The van der Waals surface area contributed by atoms with E-state index in [1.54, 1.807) is 27.4 Å². The van der Waals surface area contributed by atoms with Gasteiger partial charge in [0.2, 0.25) is 0 Å². The summed E-state index contributed by atoms with van der Waals surface area (Å²) in [5.74, 6) is 3.50. The Balaban J connectivity index is 1.44. The largest absolute Gasteiger partial charge is 0.497 e. The summed E-state index contributed by atoms with van der Waals surface area (Å²) in [6, 6.07) is 26.4. The SMILES string of the molecule is C=CCOCCOc1ccc(C2(c3ccc(OC)cc3)C=Cc3c4c(c5cc(OC)c(OC)cc5c3O2)-c2ccc(CO)cc2C4(C)C)cc1. The molecule has 0 saturated carbocycles. The van der Waals surface area contributed by atoms with Crippen molar-refractivity contribution < 1.29 is 33.5 Å². The lowest BCUT2D eigenvalue weighted by Gasteiger charge is -2.38. The fourth-order valence-electron chi connectivity index (χ4n) is 7.45. The first-order valence-corrected chi connectivity index (χ1v) is 16.7. The van der Waals surface area contributed by atoms with E-state index < -0.39 is 5.60 Å². The van der Waals surface area contributed by atoms with Gasteiger partial charge >= 0.3 is 0 Å². The molecule has 7 nitrogen and oxygen atoms in total. The van der Waals surface area contributed by atoms with Gasteiger partial charge in [0.15, 0.2) is 17.1 Å². The van der Waals surface area contributed by atoms with Crippen molar-refractivity contribution in [2.75, 3.05) is 41.2 Å². The van der Waals surface area contributed by atoms with Crippen LogP contribution in [0.1, 0.15) is 47.2 Å². The van der Waals surface area contributed by atoms with Crippen molar-refractivity contribution in [3.05, 3.63) is 131 Å². The molecule has 0 saturated heterocycles. The second-order valence-corrected chi connectivity index (χ2v) is 13.0. The zero-order valence-corrected chi connectivity index (χ0v) is 29.2. The molecule has 5 aromatic carbocycles. The van der Waals surface area contributed by atoms with Gasteiger partial charge < -0.3 is 33.5 Å². The van der Waals surface area contributed by atoms with Crippen molar-refractivity contribution in [1.29, 1.82) is 0 Å². The van der Waals surface area contributed by atoms with E-state index in [0.29, 0.717) is 31.3 Å². The molecule has 7 heteroatoms. The molecule has 0 bridgehead atoms. The van der Waals surface area contributed by atoms with Crippen LogP contribution >= 0.6 is 0 Å². The van der Waals surface area contributed by atoms with E-state index in [1.807, 2.05) is 48.5 Å². The molecular formula is C43H42O7. The number of hydrogen-bond donors (Lipinski definition) is 1. The predicted octanol–water partition coefficient (Wildman–Crippen LogP) is 8.60. The van der Waals surface area contributed by atoms with Crippen molar-refractivity contribution >= 4 is 16.8 Å². The Morgan fingerprint density at radius 3 is 2.06 bits per heavy atom. The van der Waals surface area contributed by atoms with Crippen LogP contribution in [-0.2, 0) is 22.4 Å². The number of methoxy groups -OCH3 is 3. The minimum absolute atomic E-state index is 0.0239. The summed E-state index contributed by atoms with van der Waals surface area (Å²) in [5.41, 5.74) is 6.98. The molecular weight excluding hydrogens is 628 g/mol. The van der Waals surface area contributed by atoms with Crippen molar-refractivity contribution in [1.82, 2.24) is 0 Å². The molecule has 7 rings (SSSR count). The Hall–Kier alpha value is -5.24. The summed E-state index contributed by atoms with van der Waals surface area (Å²) in [6.07, 6.45) is 6.08. The van der Waals surface area contributed by atoms with Gasteiger partial charge in [-0.2, -0.15) is 0 Å². The van der Waals surface area contributed by atoms with Gasteiger partial charge in [0.1, 0.15) is 23.9 Å². The van der Waals surface area contributed by atoms with Gasteiger partial charge in [0.25, 0.3) is 0 Å². The van der Waals surface area contributed by atoms with Crippen LogP contribution in [0.4, 0.5) is 0 Å². The second-order valence-electron chi connectivity index (χ2n) is 13.0. The molecule has 1 N–H and O–H groups in total. The van der Waals surface area contributed by atoms with Gasteiger partial charge in [-0.15, -0.1) is 6.58 Å². The minimum Gasteiger partial charge on any atom is -0.497 e. The maximum Gasteiger partial charge on any atom is 0.178 e. The molecule has 1 unspecified atom stereocenters. The molecule has 0 fully saturated rings. The highest BCUT2D eigenvalue weighted by molar-refractivity contribution is 6.09. The van der Waals surface area contributed by atoms with E-state index in [-0.39, 0.29) is 12.0 Å².